The quantitative estimate of drug-likeness (QED) is 0.746. The molecule has 0 radical (unpaired) electrons. The van der Waals surface area contributed by atoms with Crippen molar-refractivity contribution < 1.29 is 27.8 Å². The number of nitrogens with zero attached hydrogens (tertiary/aromatic N) is 1. The van der Waals surface area contributed by atoms with Crippen LogP contribution in [0.4, 0.5) is 0 Å². The monoisotopic (exact) mass is 328 g/mol. The summed E-state index contributed by atoms with van der Waals surface area (Å²) in [6, 6.07) is 4.54. The molecule has 0 aliphatic carbocycles. The molecular weight excluding hydrogens is 310 g/mol. The van der Waals surface area contributed by atoms with Gasteiger partial charge in [0.15, 0.2) is 0 Å². The highest BCUT2D eigenvalue weighted by Gasteiger charge is 2.32. The maximum atomic E-state index is 12.7. The van der Waals surface area contributed by atoms with Crippen molar-refractivity contribution in [2.75, 3.05) is 27.3 Å². The standard InChI is InChI=1S/C14H19NO6S/c1-20-11-3-4-12(21-2)13(9-11)22(18,19)15-7-5-10(6-8-15)14(16)17/h3-4,9-10H,5-8H2,1-2H3,(H,16,17)/p-1. The Balaban J connectivity index is 2.29. The lowest BCUT2D eigenvalue weighted by atomic mass is 9.99. The number of benzene rings is 1. The molecule has 1 aromatic rings. The van der Waals surface area contributed by atoms with Gasteiger partial charge in [-0.1, -0.05) is 0 Å². The number of methoxy groups -OCH3 is 2. The highest BCUT2D eigenvalue weighted by molar-refractivity contribution is 7.89. The molecule has 0 amide bonds. The first-order valence-electron chi connectivity index (χ1n) is 6.83. The predicted molar refractivity (Wildman–Crippen MR) is 76.0 cm³/mol. The van der Waals surface area contributed by atoms with Crippen molar-refractivity contribution in [2.24, 2.45) is 5.92 Å². The van der Waals surface area contributed by atoms with Crippen molar-refractivity contribution in [3.8, 4) is 11.5 Å². The number of carboxylic acid groups (broad SMARTS) is 1. The third-order valence-corrected chi connectivity index (χ3v) is 5.70. The van der Waals surface area contributed by atoms with Crippen LogP contribution in [-0.2, 0) is 14.8 Å². The predicted octanol–water partition coefficient (Wildman–Crippen LogP) is -0.146. The maximum absolute atomic E-state index is 12.7. The highest BCUT2D eigenvalue weighted by Crippen LogP contribution is 2.32. The van der Waals surface area contributed by atoms with Crippen molar-refractivity contribution in [2.45, 2.75) is 17.7 Å². The number of ether oxygens (including phenoxy) is 2. The summed E-state index contributed by atoms with van der Waals surface area (Å²) >= 11 is 0. The van der Waals surface area contributed by atoms with Gasteiger partial charge in [0.05, 0.1) is 14.2 Å². The number of rotatable bonds is 5. The Labute approximate surface area is 129 Å². The van der Waals surface area contributed by atoms with E-state index in [0.717, 1.165) is 0 Å². The molecule has 1 aliphatic rings. The van der Waals surface area contributed by atoms with Crippen molar-refractivity contribution in [1.82, 2.24) is 4.31 Å². The van der Waals surface area contributed by atoms with E-state index in [1.54, 1.807) is 6.07 Å². The number of hydrogen-bond acceptors (Lipinski definition) is 6. The molecule has 2 rings (SSSR count). The van der Waals surface area contributed by atoms with E-state index in [1.807, 2.05) is 0 Å². The molecule has 0 unspecified atom stereocenters. The number of carboxylic acids is 1. The van der Waals surface area contributed by atoms with Gasteiger partial charge < -0.3 is 19.4 Å². The summed E-state index contributed by atoms with van der Waals surface area (Å²) in [5, 5.41) is 10.8. The maximum Gasteiger partial charge on any atom is 0.246 e. The molecular formula is C14H18NO6S-. The third-order valence-electron chi connectivity index (χ3n) is 3.78. The van der Waals surface area contributed by atoms with Crippen LogP contribution in [0.1, 0.15) is 12.8 Å². The molecule has 1 aromatic carbocycles. The van der Waals surface area contributed by atoms with Gasteiger partial charge in [0, 0.05) is 31.0 Å². The molecule has 0 atom stereocenters. The van der Waals surface area contributed by atoms with Gasteiger partial charge in [-0.2, -0.15) is 4.31 Å². The summed E-state index contributed by atoms with van der Waals surface area (Å²) in [4.78, 5) is 10.9. The van der Waals surface area contributed by atoms with Gasteiger partial charge in [-0.25, -0.2) is 8.42 Å². The van der Waals surface area contributed by atoms with Gasteiger partial charge in [-0.05, 0) is 25.0 Å². The van der Waals surface area contributed by atoms with Gasteiger partial charge in [-0.15, -0.1) is 0 Å². The summed E-state index contributed by atoms with van der Waals surface area (Å²) in [6.45, 7) is 0.280. The van der Waals surface area contributed by atoms with Crippen LogP contribution in [0.3, 0.4) is 0 Å². The fraction of sp³-hybridized carbons (Fsp3) is 0.500. The van der Waals surface area contributed by atoms with Crippen molar-refractivity contribution in [3.05, 3.63) is 18.2 Å². The van der Waals surface area contributed by atoms with E-state index in [-0.39, 0.29) is 36.6 Å². The van der Waals surface area contributed by atoms with E-state index in [1.165, 1.54) is 30.7 Å². The molecule has 22 heavy (non-hydrogen) atoms. The second-order valence-corrected chi connectivity index (χ2v) is 6.92. The Hall–Kier alpha value is -1.80. The fourth-order valence-corrected chi connectivity index (χ4v) is 4.10. The fourth-order valence-electron chi connectivity index (χ4n) is 2.46. The van der Waals surface area contributed by atoms with E-state index in [4.69, 9.17) is 9.47 Å². The molecule has 1 saturated heterocycles. The summed E-state index contributed by atoms with van der Waals surface area (Å²) in [5.41, 5.74) is 0. The lowest BCUT2D eigenvalue weighted by Gasteiger charge is -2.31. The molecule has 0 spiro atoms. The van der Waals surface area contributed by atoms with Gasteiger partial charge in [0.2, 0.25) is 10.0 Å². The van der Waals surface area contributed by atoms with Crippen LogP contribution in [-0.4, -0.2) is 46.0 Å². The summed E-state index contributed by atoms with van der Waals surface area (Å²) < 4.78 is 36.9. The van der Waals surface area contributed by atoms with Crippen LogP contribution in [0, 0.1) is 5.92 Å². The Morgan fingerprint density at radius 2 is 1.86 bits per heavy atom. The molecule has 7 nitrogen and oxygen atoms in total. The third kappa shape index (κ3) is 3.17. The van der Waals surface area contributed by atoms with Crippen LogP contribution in [0.2, 0.25) is 0 Å². The van der Waals surface area contributed by atoms with Crippen LogP contribution in [0.15, 0.2) is 23.1 Å². The largest absolute Gasteiger partial charge is 0.550 e. The minimum absolute atomic E-state index is 0.0150. The number of hydrogen-bond donors (Lipinski definition) is 0. The molecule has 122 valence electrons. The zero-order chi connectivity index (χ0) is 16.3. The number of aliphatic carboxylic acids is 1. The first kappa shape index (κ1) is 16.6. The minimum Gasteiger partial charge on any atom is -0.550 e. The Bertz CT molecular complexity index is 649. The zero-order valence-electron chi connectivity index (χ0n) is 12.4. The van der Waals surface area contributed by atoms with E-state index in [9.17, 15) is 18.3 Å². The van der Waals surface area contributed by atoms with Gasteiger partial charge in [-0.3, -0.25) is 0 Å². The van der Waals surface area contributed by atoms with E-state index < -0.39 is 21.9 Å². The van der Waals surface area contributed by atoms with Gasteiger partial charge in [0.25, 0.3) is 0 Å². The number of carbonyl (C=O) groups is 1. The zero-order valence-corrected chi connectivity index (χ0v) is 13.3. The molecule has 1 heterocycles. The summed E-state index contributed by atoms with van der Waals surface area (Å²) in [5.74, 6) is -1.10. The molecule has 1 aliphatic heterocycles. The topological polar surface area (TPSA) is 96.0 Å². The number of carbonyl (C=O) groups excluding carboxylic acids is 1. The molecule has 8 heteroatoms. The second-order valence-electron chi connectivity index (χ2n) is 5.01. The lowest BCUT2D eigenvalue weighted by molar-refractivity contribution is -0.312. The second kappa shape index (κ2) is 6.53. The Morgan fingerprint density at radius 3 is 2.36 bits per heavy atom. The van der Waals surface area contributed by atoms with Gasteiger partial charge >= 0.3 is 0 Å². The average Bonchev–Trinajstić information content (AvgIpc) is 2.54. The van der Waals surface area contributed by atoms with Crippen LogP contribution in [0.25, 0.3) is 0 Å². The van der Waals surface area contributed by atoms with Crippen LogP contribution >= 0.6 is 0 Å². The van der Waals surface area contributed by atoms with E-state index in [0.29, 0.717) is 5.75 Å². The first-order valence-corrected chi connectivity index (χ1v) is 8.27. The Kier molecular flexibility index (Phi) is 4.92. The number of piperidine rings is 1. The van der Waals surface area contributed by atoms with Crippen molar-refractivity contribution in [1.29, 1.82) is 0 Å². The van der Waals surface area contributed by atoms with Crippen LogP contribution in [0.5, 0.6) is 11.5 Å². The molecule has 0 aromatic heterocycles. The van der Waals surface area contributed by atoms with Crippen molar-refractivity contribution >= 4 is 16.0 Å². The average molecular weight is 328 g/mol. The molecule has 0 N–H and O–H groups in total. The van der Waals surface area contributed by atoms with Crippen LogP contribution < -0.4 is 14.6 Å². The normalized spacial score (nSPS) is 17.2. The molecule has 0 bridgehead atoms. The molecule has 1 fully saturated rings. The smallest absolute Gasteiger partial charge is 0.246 e. The highest BCUT2D eigenvalue weighted by atomic mass is 32.2. The lowest BCUT2D eigenvalue weighted by Crippen LogP contribution is -2.43. The SMILES string of the molecule is COc1ccc(OC)c(S(=O)(=O)N2CCC(C(=O)[O-])CC2)c1. The minimum atomic E-state index is -3.77. The number of sulfonamides is 1. The van der Waals surface area contributed by atoms with Crippen molar-refractivity contribution in [3.63, 3.8) is 0 Å². The van der Waals surface area contributed by atoms with E-state index in [2.05, 4.69) is 0 Å². The molecule has 0 saturated carbocycles. The summed E-state index contributed by atoms with van der Waals surface area (Å²) in [7, 11) is -0.932. The Morgan fingerprint density at radius 1 is 1.23 bits per heavy atom. The summed E-state index contributed by atoms with van der Waals surface area (Å²) in [6.07, 6.45) is 0.488. The first-order chi connectivity index (χ1) is 10.4. The van der Waals surface area contributed by atoms with Gasteiger partial charge in [0.1, 0.15) is 16.4 Å². The van der Waals surface area contributed by atoms with E-state index >= 15 is 0 Å².